The van der Waals surface area contributed by atoms with Gasteiger partial charge >= 0.3 is 364 Å². The van der Waals surface area contributed by atoms with E-state index in [-0.39, 0.29) is 0 Å². The Morgan fingerprint density at radius 2 is 0.586 bits per heavy atom. The molecule has 0 saturated carbocycles. The molecule has 0 aromatic rings. The van der Waals surface area contributed by atoms with Crippen LogP contribution in [0.25, 0.3) is 0 Å². The van der Waals surface area contributed by atoms with Crippen molar-refractivity contribution in [3.8, 4) is 0 Å². The van der Waals surface area contributed by atoms with Gasteiger partial charge in [0.25, 0.3) is 0 Å². The Kier molecular flexibility index (Phi) is 21.7. The van der Waals surface area contributed by atoms with Crippen molar-refractivity contribution in [3.05, 3.63) is 12.2 Å². The minimum atomic E-state index is -8.87. The van der Waals surface area contributed by atoms with E-state index in [0.29, 0.717) is 6.08 Å². The quantitative estimate of drug-likeness (QED) is 0.0482. The summed E-state index contributed by atoms with van der Waals surface area (Å²) in [6, 6.07) is 0. The Morgan fingerprint density at radius 3 is 0.810 bits per heavy atom. The Labute approximate surface area is 357 Å². The Morgan fingerprint density at radius 1 is 0.379 bits per heavy atom. The third kappa shape index (κ3) is 28.3. The van der Waals surface area contributed by atoms with Gasteiger partial charge in [0.15, 0.2) is 0 Å². The summed E-state index contributed by atoms with van der Waals surface area (Å²) >= 11 is -98.1. The second-order valence-electron chi connectivity index (χ2n) is 7.12. The molecule has 0 aliphatic heterocycles. The van der Waals surface area contributed by atoms with Gasteiger partial charge < -0.3 is 0 Å². The Bertz CT molecular complexity index is 2920. The molecule has 0 heterocycles. The Balaban J connectivity index is 7.02. The van der Waals surface area contributed by atoms with Crippen molar-refractivity contribution < 1.29 is 331 Å². The monoisotopic (exact) mass is 1920 g/mol. The summed E-state index contributed by atoms with van der Waals surface area (Å²) in [5.74, 6) is -1.89. The average molecular weight is 1890 g/mol. The molecule has 54 heteroatoms. The predicted octanol–water partition coefficient (Wildman–Crippen LogP) is -3.50. The molecule has 41 nitrogen and oxygen atoms in total. The fourth-order valence-corrected chi connectivity index (χ4v) is 61.6. The number of carbonyl (C=O) groups is 1. The first-order chi connectivity index (χ1) is 24.9. The zero-order chi connectivity index (χ0) is 46.7. The second-order valence-corrected chi connectivity index (χ2v) is 57.3. The third-order valence-corrected chi connectivity index (χ3v) is 63.8. The fraction of sp³-hybridized carbons (Fsp3) is 0.250. The summed E-state index contributed by atoms with van der Waals surface area (Å²) in [5.41, 5.74) is 0. The minimum absolute atomic E-state index is 0.300. The first-order valence-corrected chi connectivity index (χ1v) is 51.3. The maximum absolute atomic E-state index is 12.9. The van der Waals surface area contributed by atoms with Gasteiger partial charge in [-0.25, -0.2) is 0 Å². The molecular weight excluding hydrogens is 1890 g/mol. The van der Waals surface area contributed by atoms with Gasteiger partial charge in [0.05, 0.1) is 0 Å². The average Bonchev–Trinajstić information content (AvgIpc) is 2.71. The molecule has 0 bridgehead atoms. The summed E-state index contributed by atoms with van der Waals surface area (Å²) in [6.07, 6.45) is 1.09. The SMILES string of the molecule is C/C=C/C(=O)[O][Mo](=[O])(=[O])[O][Mo](=[O])(=[O])[O][Mo](=[O])(=[O])[O][Mo](=[O])(=[O])[O]P(=O)([O][Mo](=[O])(=[O])[O][Mo](=[O])(=[O])[O][Mo](=[O])(=[O])[O][Mo](=[O])(=[O])[OH])[O][Mo](=[O])(=[O])[O][Mo](=[O])(=[O])[O][Mo](=[O])(=[O])[O][Mo](=[O])(=[O])[OH]. The van der Waals surface area contributed by atoms with Crippen LogP contribution in [0.3, 0.4) is 0 Å². The van der Waals surface area contributed by atoms with E-state index >= 15 is 0 Å². The van der Waals surface area contributed by atoms with E-state index in [9.17, 15) is 90.9 Å². The number of carbonyl (C=O) groups excluding carboxylic acids is 1. The number of hydrogen-bond acceptors (Lipinski definition) is 39. The third-order valence-electron chi connectivity index (χ3n) is 2.54. The van der Waals surface area contributed by atoms with Crippen molar-refractivity contribution in [1.82, 2.24) is 0 Å². The predicted molar refractivity (Wildman–Crippen MR) is 62.4 cm³/mol. The van der Waals surface area contributed by atoms with Crippen LogP contribution in [0.2, 0.25) is 0 Å². The first-order valence-electron chi connectivity index (χ1n) is 10.4. The van der Waals surface area contributed by atoms with Crippen molar-refractivity contribution in [2.45, 2.75) is 6.92 Å². The van der Waals surface area contributed by atoms with Crippen LogP contribution < -0.4 is 0 Å². The molecule has 0 spiro atoms. The van der Waals surface area contributed by atoms with Crippen LogP contribution in [0.5, 0.6) is 0 Å². The summed E-state index contributed by atoms with van der Waals surface area (Å²) in [6.45, 7) is 1.07. The van der Waals surface area contributed by atoms with E-state index in [2.05, 4.69) is 31.3 Å². The molecule has 0 fully saturated rings. The van der Waals surface area contributed by atoms with Crippen LogP contribution in [-0.2, 0) is 323 Å². The van der Waals surface area contributed by atoms with E-state index in [4.69, 9.17) is 7.52 Å². The summed E-state index contributed by atoms with van der Waals surface area (Å²) in [5, 5.41) is 0. The fourth-order valence-electron chi connectivity index (χ4n) is 1.68. The van der Waals surface area contributed by atoms with Gasteiger partial charge in [-0.3, -0.25) is 0 Å². The molecule has 0 aliphatic rings. The van der Waals surface area contributed by atoms with Gasteiger partial charge in [0.1, 0.15) is 0 Å². The standard InChI is InChI=1S/C4H6O2.12Mo.H3O4P.2H2O.33O/c1-2-3-4(5)6;;;;;;;;;;;;;1-5(2,3)4;;;;;;;;;;;;;;;;;;;;;;;;;;;;;;;;;;;/h2-3H,1H3,(H,5,6);;;;;;;;;;;;;(H3,1,2,3,4);2*1H2;;;;;;;;;;;;;;;;;;;;;;;;;;;;;;;;;/q;;;;;;;6*+1;;;;;;;;;;;;;;;;;;;;;;;;;;;;;;;;;;;;/p-6/b3-2+;;;;;;;;;;;;;;;;;;;;;;;;;;;;;;;;;;;;;;;;;;;;;;;;. The maximum atomic E-state index is 12.9. The van der Waals surface area contributed by atoms with E-state index in [1.54, 1.807) is 0 Å². The molecule has 0 aromatic heterocycles. The first kappa shape index (κ1) is 60.3. The van der Waals surface area contributed by atoms with Gasteiger partial charge in [-0.05, 0) is 0 Å². The van der Waals surface area contributed by atoms with Crippen molar-refractivity contribution in [2.24, 2.45) is 0 Å². The molecule has 0 saturated heterocycles. The van der Waals surface area contributed by atoms with Crippen LogP contribution in [0.15, 0.2) is 12.2 Å². The Hall–Kier alpha value is 2.34. The molecule has 2 N–H and O–H groups in total. The van der Waals surface area contributed by atoms with Gasteiger partial charge in [-0.15, -0.1) is 0 Å². The molecule has 0 unspecified atom stereocenters. The molecule has 0 radical (unpaired) electrons. The van der Waals surface area contributed by atoms with Crippen LogP contribution >= 0.6 is 7.82 Å². The van der Waals surface area contributed by atoms with Gasteiger partial charge in [-0.1, -0.05) is 0 Å². The van der Waals surface area contributed by atoms with Gasteiger partial charge in [0, 0.05) is 0 Å². The molecule has 0 aliphatic carbocycles. The van der Waals surface area contributed by atoms with E-state index in [0.717, 1.165) is 13.0 Å². The van der Waals surface area contributed by atoms with Crippen LogP contribution in [-0.4, -0.2) is 13.5 Å². The molecule has 0 rings (SSSR count). The van der Waals surface area contributed by atoms with Gasteiger partial charge in [0.2, 0.25) is 0 Å². The van der Waals surface area contributed by atoms with Crippen molar-refractivity contribution >= 4 is 13.8 Å². The van der Waals surface area contributed by atoms with E-state index in [1.165, 1.54) is 0 Å². The zero-order valence-electron chi connectivity index (χ0n) is 24.8. The summed E-state index contributed by atoms with van der Waals surface area (Å²) in [4.78, 5) is 11.2. The molecular formula is C4H7Mo12O41P. The number of hydrogen-bond donors (Lipinski definition) is 2. The van der Waals surface area contributed by atoms with Gasteiger partial charge in [-0.2, -0.15) is 0 Å². The second kappa shape index (κ2) is 20.9. The van der Waals surface area contributed by atoms with Crippen molar-refractivity contribution in [1.29, 1.82) is 0 Å². The van der Waals surface area contributed by atoms with Crippen LogP contribution in [0, 0.1) is 0 Å². The molecule has 58 heavy (non-hydrogen) atoms. The number of rotatable bonds is 26. The zero-order valence-corrected chi connectivity index (χ0v) is 49.8. The topological polar surface area (TPSA) is 604 Å². The number of allylic oxidation sites excluding steroid dienone is 1. The van der Waals surface area contributed by atoms with Crippen molar-refractivity contribution in [3.63, 3.8) is 0 Å². The van der Waals surface area contributed by atoms with E-state index < -0.39 is 215 Å². The van der Waals surface area contributed by atoms with E-state index in [1.807, 2.05) is 0 Å². The van der Waals surface area contributed by atoms with Crippen LogP contribution in [0.1, 0.15) is 6.92 Å². The normalized spacial score (nSPS) is 15.3. The summed E-state index contributed by atoms with van der Waals surface area (Å²) in [7, 11) is -7.96. The molecule has 346 valence electrons. The molecule has 0 amide bonds. The summed E-state index contributed by atoms with van der Waals surface area (Å²) < 4.78 is 348. The van der Waals surface area contributed by atoms with Crippen LogP contribution in [0.4, 0.5) is 0 Å². The van der Waals surface area contributed by atoms with Crippen molar-refractivity contribution in [2.75, 3.05) is 0 Å². The number of phosphoric acid groups is 1. The molecule has 0 atom stereocenters. The molecule has 0 aromatic carbocycles.